The molecule has 1 aromatic carbocycles. The molecule has 1 saturated heterocycles. The van der Waals surface area contributed by atoms with Gasteiger partial charge in [-0.05, 0) is 30.7 Å². The van der Waals surface area contributed by atoms with Crippen molar-refractivity contribution in [1.29, 1.82) is 0 Å². The molecular weight excluding hydrogens is 238 g/mol. The van der Waals surface area contributed by atoms with Crippen LogP contribution in [-0.4, -0.2) is 23.5 Å². The maximum atomic E-state index is 12.0. The van der Waals surface area contributed by atoms with Crippen LogP contribution in [0.3, 0.4) is 0 Å². The lowest BCUT2D eigenvalue weighted by Crippen LogP contribution is -2.31. The van der Waals surface area contributed by atoms with E-state index in [1.807, 2.05) is 6.92 Å². The van der Waals surface area contributed by atoms with Gasteiger partial charge < -0.3 is 4.74 Å². The topological polar surface area (TPSA) is 46.6 Å². The van der Waals surface area contributed by atoms with E-state index >= 15 is 0 Å². The van der Waals surface area contributed by atoms with Crippen molar-refractivity contribution in [2.75, 3.05) is 12.0 Å². The number of amides is 2. The number of hydrogen-bond acceptors (Lipinski definition) is 4. The molecule has 1 aromatic rings. The van der Waals surface area contributed by atoms with E-state index in [-0.39, 0.29) is 16.4 Å². The molecule has 2 amide bonds. The lowest BCUT2D eigenvalue weighted by atomic mass is 10.2. The Labute approximate surface area is 104 Å². The number of anilines is 1. The van der Waals surface area contributed by atoms with Gasteiger partial charge >= 0.3 is 0 Å². The summed E-state index contributed by atoms with van der Waals surface area (Å²) in [6.07, 6.45) is 0.669. The van der Waals surface area contributed by atoms with E-state index in [1.165, 1.54) is 4.90 Å². The SMILES string of the molecule is CCC1SC(=O)N(c2ccc(OC)cc2)C1=O. The maximum absolute atomic E-state index is 12.0. The van der Waals surface area contributed by atoms with Gasteiger partial charge in [-0.2, -0.15) is 0 Å². The van der Waals surface area contributed by atoms with Crippen LogP contribution in [0.15, 0.2) is 24.3 Å². The average molecular weight is 251 g/mol. The lowest BCUT2D eigenvalue weighted by molar-refractivity contribution is -0.117. The lowest BCUT2D eigenvalue weighted by Gasteiger charge is -2.13. The minimum absolute atomic E-state index is 0.132. The monoisotopic (exact) mass is 251 g/mol. The molecule has 0 saturated carbocycles. The molecule has 0 aromatic heterocycles. The van der Waals surface area contributed by atoms with Crippen molar-refractivity contribution in [2.45, 2.75) is 18.6 Å². The molecule has 1 aliphatic rings. The fourth-order valence-electron chi connectivity index (χ4n) is 1.68. The van der Waals surface area contributed by atoms with E-state index in [9.17, 15) is 9.59 Å². The predicted molar refractivity (Wildman–Crippen MR) is 67.5 cm³/mol. The minimum Gasteiger partial charge on any atom is -0.497 e. The van der Waals surface area contributed by atoms with E-state index in [0.29, 0.717) is 17.9 Å². The van der Waals surface area contributed by atoms with E-state index in [2.05, 4.69) is 0 Å². The van der Waals surface area contributed by atoms with Gasteiger partial charge in [0.1, 0.15) is 5.75 Å². The number of ether oxygens (including phenoxy) is 1. The van der Waals surface area contributed by atoms with E-state index < -0.39 is 0 Å². The molecule has 1 fully saturated rings. The summed E-state index contributed by atoms with van der Waals surface area (Å²) in [7, 11) is 1.57. The van der Waals surface area contributed by atoms with Gasteiger partial charge in [0.2, 0.25) is 5.91 Å². The third kappa shape index (κ3) is 2.15. The fourth-order valence-corrected chi connectivity index (χ4v) is 2.60. The van der Waals surface area contributed by atoms with Gasteiger partial charge in [-0.1, -0.05) is 18.7 Å². The van der Waals surface area contributed by atoms with Crippen molar-refractivity contribution in [3.63, 3.8) is 0 Å². The molecule has 4 nitrogen and oxygen atoms in total. The number of benzene rings is 1. The third-order valence-electron chi connectivity index (χ3n) is 2.62. The van der Waals surface area contributed by atoms with E-state index in [4.69, 9.17) is 4.74 Å². The molecule has 0 bridgehead atoms. The standard InChI is InChI=1S/C12H13NO3S/c1-3-10-11(14)13(12(15)17-10)8-4-6-9(16-2)7-5-8/h4-7,10H,3H2,1-2H3. The summed E-state index contributed by atoms with van der Waals surface area (Å²) in [5.41, 5.74) is 0.601. The summed E-state index contributed by atoms with van der Waals surface area (Å²) >= 11 is 1.09. The van der Waals surface area contributed by atoms with Gasteiger partial charge in [0.05, 0.1) is 18.0 Å². The summed E-state index contributed by atoms with van der Waals surface area (Å²) in [5, 5.41) is -0.448. The summed E-state index contributed by atoms with van der Waals surface area (Å²) in [6.45, 7) is 1.90. The van der Waals surface area contributed by atoms with Gasteiger partial charge in [0.15, 0.2) is 0 Å². The van der Waals surface area contributed by atoms with Gasteiger partial charge in [0, 0.05) is 0 Å². The van der Waals surface area contributed by atoms with Crippen molar-refractivity contribution in [3.05, 3.63) is 24.3 Å². The first-order chi connectivity index (χ1) is 8.17. The molecule has 1 unspecified atom stereocenters. The van der Waals surface area contributed by atoms with Crippen molar-refractivity contribution >= 4 is 28.6 Å². The van der Waals surface area contributed by atoms with Gasteiger partial charge in [0.25, 0.3) is 5.24 Å². The zero-order valence-corrected chi connectivity index (χ0v) is 10.5. The first-order valence-electron chi connectivity index (χ1n) is 5.36. The summed E-state index contributed by atoms with van der Waals surface area (Å²) < 4.78 is 5.03. The van der Waals surface area contributed by atoms with Crippen LogP contribution in [0.2, 0.25) is 0 Å². The highest BCUT2D eigenvalue weighted by Crippen LogP contribution is 2.33. The first kappa shape index (κ1) is 12.0. The molecule has 2 rings (SSSR count). The van der Waals surface area contributed by atoms with Gasteiger partial charge in [-0.3, -0.25) is 9.59 Å². The van der Waals surface area contributed by atoms with Crippen LogP contribution in [0.4, 0.5) is 10.5 Å². The van der Waals surface area contributed by atoms with Crippen LogP contribution in [0.5, 0.6) is 5.75 Å². The molecular formula is C12H13NO3S. The van der Waals surface area contributed by atoms with Gasteiger partial charge in [-0.25, -0.2) is 4.90 Å². The predicted octanol–water partition coefficient (Wildman–Crippen LogP) is 2.67. The quantitative estimate of drug-likeness (QED) is 0.828. The second kappa shape index (κ2) is 4.79. The first-order valence-corrected chi connectivity index (χ1v) is 6.24. The molecule has 5 heteroatoms. The Hall–Kier alpha value is -1.49. The largest absolute Gasteiger partial charge is 0.497 e. The number of nitrogens with zero attached hydrogens (tertiary/aromatic N) is 1. The molecule has 0 radical (unpaired) electrons. The fraction of sp³-hybridized carbons (Fsp3) is 0.333. The van der Waals surface area contributed by atoms with Crippen molar-refractivity contribution in [3.8, 4) is 5.75 Å². The van der Waals surface area contributed by atoms with Gasteiger partial charge in [-0.15, -0.1) is 0 Å². The van der Waals surface area contributed by atoms with Crippen LogP contribution in [0, 0.1) is 0 Å². The van der Waals surface area contributed by atoms with Crippen LogP contribution < -0.4 is 9.64 Å². The van der Waals surface area contributed by atoms with Crippen molar-refractivity contribution in [2.24, 2.45) is 0 Å². The van der Waals surface area contributed by atoms with E-state index in [1.54, 1.807) is 31.4 Å². The van der Waals surface area contributed by atoms with Crippen LogP contribution >= 0.6 is 11.8 Å². The number of thioether (sulfide) groups is 1. The Bertz CT molecular complexity index is 444. The number of imide groups is 1. The molecule has 17 heavy (non-hydrogen) atoms. The molecule has 1 aliphatic heterocycles. The van der Waals surface area contributed by atoms with Crippen LogP contribution in [-0.2, 0) is 4.79 Å². The maximum Gasteiger partial charge on any atom is 0.293 e. The van der Waals surface area contributed by atoms with Crippen LogP contribution in [0.1, 0.15) is 13.3 Å². The number of carbonyl (C=O) groups is 2. The molecule has 0 N–H and O–H groups in total. The Morgan fingerprint density at radius 3 is 2.41 bits per heavy atom. The van der Waals surface area contributed by atoms with Crippen molar-refractivity contribution in [1.82, 2.24) is 0 Å². The highest BCUT2D eigenvalue weighted by molar-refractivity contribution is 8.15. The third-order valence-corrected chi connectivity index (χ3v) is 3.83. The number of carbonyl (C=O) groups excluding carboxylic acids is 2. The minimum atomic E-state index is -0.246. The highest BCUT2D eigenvalue weighted by Gasteiger charge is 2.39. The average Bonchev–Trinajstić information content (AvgIpc) is 2.64. The zero-order valence-electron chi connectivity index (χ0n) is 9.67. The Morgan fingerprint density at radius 1 is 1.29 bits per heavy atom. The Balaban J connectivity index is 2.27. The molecule has 1 atom stereocenters. The number of rotatable bonds is 3. The van der Waals surface area contributed by atoms with E-state index in [0.717, 1.165) is 11.8 Å². The molecule has 0 spiro atoms. The number of methoxy groups -OCH3 is 1. The molecule has 90 valence electrons. The van der Waals surface area contributed by atoms with Crippen molar-refractivity contribution < 1.29 is 14.3 Å². The summed E-state index contributed by atoms with van der Waals surface area (Å²) in [5.74, 6) is 0.570. The summed E-state index contributed by atoms with van der Waals surface area (Å²) in [4.78, 5) is 24.9. The highest BCUT2D eigenvalue weighted by atomic mass is 32.2. The summed E-state index contributed by atoms with van der Waals surface area (Å²) in [6, 6.07) is 6.90. The molecule has 1 heterocycles. The normalized spacial score (nSPS) is 19.9. The smallest absolute Gasteiger partial charge is 0.293 e. The Morgan fingerprint density at radius 2 is 1.94 bits per heavy atom. The second-order valence-corrected chi connectivity index (χ2v) is 4.81. The second-order valence-electron chi connectivity index (χ2n) is 3.65. The number of hydrogen-bond donors (Lipinski definition) is 0. The molecule has 0 aliphatic carbocycles. The Kier molecular flexibility index (Phi) is 3.38. The zero-order chi connectivity index (χ0) is 12.4. The van der Waals surface area contributed by atoms with Crippen LogP contribution in [0.25, 0.3) is 0 Å².